The Morgan fingerprint density at radius 1 is 0.921 bits per heavy atom. The first-order valence-electron chi connectivity index (χ1n) is 13.4. The summed E-state index contributed by atoms with van der Waals surface area (Å²) < 4.78 is 0. The lowest BCUT2D eigenvalue weighted by Crippen LogP contribution is -2.52. The highest BCUT2D eigenvalue weighted by molar-refractivity contribution is 7.99. The zero-order valence-electron chi connectivity index (χ0n) is 22.3. The molecular formula is C32H37ClN2O2S. The van der Waals surface area contributed by atoms with E-state index in [9.17, 15) is 9.59 Å². The van der Waals surface area contributed by atoms with Crippen LogP contribution in [0.4, 0.5) is 0 Å². The average Bonchev–Trinajstić information content (AvgIpc) is 3.40. The number of halogens is 1. The highest BCUT2D eigenvalue weighted by Crippen LogP contribution is 2.22. The van der Waals surface area contributed by atoms with E-state index in [1.807, 2.05) is 54.6 Å². The predicted octanol–water partition coefficient (Wildman–Crippen LogP) is 6.89. The molecule has 3 aromatic carbocycles. The molecule has 6 heteroatoms. The quantitative estimate of drug-likeness (QED) is 0.284. The molecule has 2 amide bonds. The maximum Gasteiger partial charge on any atom is 0.243 e. The van der Waals surface area contributed by atoms with Crippen molar-refractivity contribution >= 4 is 35.2 Å². The van der Waals surface area contributed by atoms with Crippen LogP contribution in [-0.4, -0.2) is 34.6 Å². The molecule has 0 spiro atoms. The Morgan fingerprint density at radius 2 is 1.58 bits per heavy atom. The highest BCUT2D eigenvalue weighted by atomic mass is 35.5. The van der Waals surface area contributed by atoms with Gasteiger partial charge < -0.3 is 10.2 Å². The molecule has 0 aromatic heterocycles. The Morgan fingerprint density at radius 3 is 2.24 bits per heavy atom. The summed E-state index contributed by atoms with van der Waals surface area (Å²) in [4.78, 5) is 29.3. The Hall–Kier alpha value is -2.76. The van der Waals surface area contributed by atoms with E-state index in [4.69, 9.17) is 11.6 Å². The second kappa shape index (κ2) is 13.9. The first-order valence-corrected chi connectivity index (χ1v) is 14.9. The fraction of sp³-hybridized carbons (Fsp3) is 0.375. The number of carbonyl (C=O) groups is 2. The van der Waals surface area contributed by atoms with Crippen molar-refractivity contribution in [3.05, 3.63) is 106 Å². The van der Waals surface area contributed by atoms with E-state index < -0.39 is 6.04 Å². The van der Waals surface area contributed by atoms with Gasteiger partial charge in [0.1, 0.15) is 6.04 Å². The Labute approximate surface area is 236 Å². The van der Waals surface area contributed by atoms with Crippen LogP contribution in [0.1, 0.15) is 53.5 Å². The summed E-state index contributed by atoms with van der Waals surface area (Å²) in [5.74, 6) is 0.961. The minimum atomic E-state index is -0.594. The smallest absolute Gasteiger partial charge is 0.243 e. The topological polar surface area (TPSA) is 49.4 Å². The zero-order valence-corrected chi connectivity index (χ0v) is 23.9. The van der Waals surface area contributed by atoms with Crippen LogP contribution in [0.2, 0.25) is 5.02 Å². The van der Waals surface area contributed by atoms with E-state index in [0.29, 0.717) is 23.7 Å². The van der Waals surface area contributed by atoms with Crippen molar-refractivity contribution in [3.8, 4) is 0 Å². The molecule has 4 nitrogen and oxygen atoms in total. The number of nitrogens with zero attached hydrogens (tertiary/aromatic N) is 1. The van der Waals surface area contributed by atoms with Crippen molar-refractivity contribution < 1.29 is 9.59 Å². The molecule has 1 fully saturated rings. The van der Waals surface area contributed by atoms with Crippen LogP contribution in [0.5, 0.6) is 0 Å². The number of hydrogen-bond donors (Lipinski definition) is 1. The molecule has 0 heterocycles. The highest BCUT2D eigenvalue weighted by Gasteiger charge is 2.32. The number of thioether (sulfide) groups is 1. The van der Waals surface area contributed by atoms with Crippen LogP contribution >= 0.6 is 23.4 Å². The molecule has 1 aliphatic rings. The molecule has 0 radical (unpaired) electrons. The molecule has 3 aromatic rings. The summed E-state index contributed by atoms with van der Waals surface area (Å²) in [6, 6.07) is 23.6. The maximum atomic E-state index is 13.8. The predicted molar refractivity (Wildman–Crippen MR) is 158 cm³/mol. The number of nitrogens with one attached hydrogen (secondary N) is 1. The monoisotopic (exact) mass is 548 g/mol. The minimum absolute atomic E-state index is 0.0307. The van der Waals surface area contributed by atoms with Gasteiger partial charge in [-0.3, -0.25) is 9.59 Å². The minimum Gasteiger partial charge on any atom is -0.352 e. The fourth-order valence-corrected chi connectivity index (χ4v) is 6.17. The van der Waals surface area contributed by atoms with Crippen molar-refractivity contribution in [2.45, 2.75) is 70.3 Å². The van der Waals surface area contributed by atoms with Crippen molar-refractivity contribution in [1.29, 1.82) is 0 Å². The van der Waals surface area contributed by atoms with E-state index in [2.05, 4.69) is 37.4 Å². The number of hydrogen-bond acceptors (Lipinski definition) is 3. The number of benzene rings is 3. The Kier molecular flexibility index (Phi) is 10.3. The number of rotatable bonds is 11. The summed E-state index contributed by atoms with van der Waals surface area (Å²) in [7, 11) is 0. The van der Waals surface area contributed by atoms with Gasteiger partial charge in [-0.2, -0.15) is 0 Å². The summed E-state index contributed by atoms with van der Waals surface area (Å²) in [5, 5.41) is 3.91. The first-order chi connectivity index (χ1) is 18.4. The lowest BCUT2D eigenvalue weighted by Gasteiger charge is -2.32. The van der Waals surface area contributed by atoms with E-state index in [0.717, 1.165) is 42.6 Å². The standard InChI is InChI=1S/C32H37ClN2O2S/c1-23-16-24(2)18-27(17-23)21-38-22-31(36)35(20-26-12-14-28(33)15-13-26)30(19-25-8-4-3-5-9-25)32(37)34-29-10-6-7-11-29/h3-5,8-9,12-18,29-30H,6-7,10-11,19-22H2,1-2H3,(H,34,37)/t30-/m1/s1. The van der Waals surface area contributed by atoms with Gasteiger partial charge in [0.05, 0.1) is 5.75 Å². The van der Waals surface area contributed by atoms with Gasteiger partial charge in [0.15, 0.2) is 0 Å². The molecule has 0 bridgehead atoms. The third-order valence-corrected chi connectivity index (χ3v) is 8.26. The third kappa shape index (κ3) is 8.37. The average molecular weight is 549 g/mol. The normalized spacial score (nSPS) is 14.3. The van der Waals surface area contributed by atoms with Gasteiger partial charge in [0.25, 0.3) is 0 Å². The number of amides is 2. The summed E-state index contributed by atoms with van der Waals surface area (Å²) in [6.45, 7) is 4.55. The molecule has 38 heavy (non-hydrogen) atoms. The van der Waals surface area contributed by atoms with Crippen molar-refractivity contribution in [2.75, 3.05) is 5.75 Å². The molecule has 0 saturated heterocycles. The summed E-state index contributed by atoms with van der Waals surface area (Å²) in [5.41, 5.74) is 5.65. The van der Waals surface area contributed by atoms with Gasteiger partial charge >= 0.3 is 0 Å². The van der Waals surface area contributed by atoms with Crippen molar-refractivity contribution in [2.24, 2.45) is 0 Å². The van der Waals surface area contributed by atoms with Crippen LogP contribution in [-0.2, 0) is 28.3 Å². The zero-order chi connectivity index (χ0) is 26.9. The third-order valence-electron chi connectivity index (χ3n) is 7.01. The Bertz CT molecular complexity index is 1190. The van der Waals surface area contributed by atoms with Crippen LogP contribution in [0.3, 0.4) is 0 Å². The second-order valence-electron chi connectivity index (χ2n) is 10.3. The summed E-state index contributed by atoms with van der Waals surface area (Å²) in [6.07, 6.45) is 4.75. The van der Waals surface area contributed by atoms with Gasteiger partial charge in [-0.05, 0) is 55.5 Å². The number of aryl methyl sites for hydroxylation is 2. The molecule has 1 aliphatic carbocycles. The largest absolute Gasteiger partial charge is 0.352 e. The van der Waals surface area contributed by atoms with Crippen LogP contribution in [0.15, 0.2) is 72.8 Å². The van der Waals surface area contributed by atoms with Gasteiger partial charge in [0.2, 0.25) is 11.8 Å². The Balaban J connectivity index is 1.56. The van der Waals surface area contributed by atoms with E-state index in [-0.39, 0.29) is 17.9 Å². The molecule has 1 N–H and O–H groups in total. The van der Waals surface area contributed by atoms with Crippen molar-refractivity contribution in [1.82, 2.24) is 10.2 Å². The molecule has 4 rings (SSSR count). The maximum absolute atomic E-state index is 13.8. The van der Waals surface area contributed by atoms with Crippen LogP contribution in [0.25, 0.3) is 0 Å². The van der Waals surface area contributed by atoms with Gasteiger partial charge in [-0.1, -0.05) is 96.2 Å². The van der Waals surface area contributed by atoms with Crippen molar-refractivity contribution in [3.63, 3.8) is 0 Å². The molecule has 0 unspecified atom stereocenters. The lowest BCUT2D eigenvalue weighted by molar-refractivity contribution is -0.139. The number of carbonyl (C=O) groups excluding carboxylic acids is 2. The molecule has 1 saturated carbocycles. The molecular weight excluding hydrogens is 512 g/mol. The van der Waals surface area contributed by atoms with Gasteiger partial charge in [-0.25, -0.2) is 0 Å². The molecule has 0 aliphatic heterocycles. The first kappa shape index (κ1) is 28.3. The van der Waals surface area contributed by atoms with E-state index in [1.165, 1.54) is 16.7 Å². The van der Waals surface area contributed by atoms with E-state index >= 15 is 0 Å². The lowest BCUT2D eigenvalue weighted by atomic mass is 10.0. The summed E-state index contributed by atoms with van der Waals surface area (Å²) >= 11 is 7.72. The molecule has 200 valence electrons. The van der Waals surface area contributed by atoms with Gasteiger partial charge in [-0.15, -0.1) is 11.8 Å². The second-order valence-corrected chi connectivity index (χ2v) is 11.8. The molecule has 1 atom stereocenters. The van der Waals surface area contributed by atoms with Gasteiger partial charge in [0, 0.05) is 29.8 Å². The SMILES string of the molecule is Cc1cc(C)cc(CSCC(=O)N(Cc2ccc(Cl)cc2)[C@H](Cc2ccccc2)C(=O)NC2CCCC2)c1. The van der Waals surface area contributed by atoms with Crippen LogP contribution < -0.4 is 5.32 Å². The van der Waals surface area contributed by atoms with E-state index in [1.54, 1.807) is 16.7 Å². The fourth-order valence-electron chi connectivity index (χ4n) is 5.20. The van der Waals surface area contributed by atoms with Crippen LogP contribution in [0, 0.1) is 13.8 Å².